The van der Waals surface area contributed by atoms with Crippen molar-refractivity contribution in [1.29, 1.82) is 0 Å². The summed E-state index contributed by atoms with van der Waals surface area (Å²) in [5.41, 5.74) is 0. The van der Waals surface area contributed by atoms with Gasteiger partial charge in [-0.05, 0) is 14.1 Å². The summed E-state index contributed by atoms with van der Waals surface area (Å²) in [6.45, 7) is 2.70. The van der Waals surface area contributed by atoms with Gasteiger partial charge < -0.3 is 15.3 Å². The van der Waals surface area contributed by atoms with Crippen LogP contribution < -0.4 is 5.32 Å². The molecule has 0 saturated carbocycles. The Labute approximate surface area is 62.0 Å². The summed E-state index contributed by atoms with van der Waals surface area (Å²) in [5.74, 6) is 0.426. The number of aliphatic hydroxyl groups is 1. The molecule has 0 aliphatic carbocycles. The number of nitrogens with zero attached hydrogens (tertiary/aromatic N) is 1. The topological polar surface area (TPSA) is 35.5 Å². The Bertz CT molecular complexity index is 106. The van der Waals surface area contributed by atoms with E-state index in [2.05, 4.69) is 10.2 Å². The molecule has 60 valence electrons. The molecule has 0 aromatic rings. The zero-order valence-corrected chi connectivity index (χ0v) is 6.67. The molecule has 1 saturated heterocycles. The predicted octanol–water partition coefficient (Wildman–Crippen LogP) is -0.872. The third-order valence-electron chi connectivity index (χ3n) is 1.90. The zero-order chi connectivity index (χ0) is 7.56. The lowest BCUT2D eigenvalue weighted by atomic mass is 10.1. The van der Waals surface area contributed by atoms with E-state index in [1.165, 1.54) is 0 Å². The monoisotopic (exact) mass is 144 g/mol. The van der Waals surface area contributed by atoms with Gasteiger partial charge in [-0.3, -0.25) is 0 Å². The van der Waals surface area contributed by atoms with E-state index in [4.69, 9.17) is 0 Å². The van der Waals surface area contributed by atoms with Crippen molar-refractivity contribution in [3.8, 4) is 0 Å². The molecule has 0 aromatic carbocycles. The number of aliphatic hydroxyl groups excluding tert-OH is 1. The van der Waals surface area contributed by atoms with E-state index in [1.807, 2.05) is 14.1 Å². The first kappa shape index (κ1) is 7.98. The molecule has 0 aromatic heterocycles. The second kappa shape index (κ2) is 3.32. The van der Waals surface area contributed by atoms with Gasteiger partial charge in [0.15, 0.2) is 0 Å². The first-order valence-electron chi connectivity index (χ1n) is 3.73. The van der Waals surface area contributed by atoms with Crippen molar-refractivity contribution in [2.24, 2.45) is 5.92 Å². The number of nitrogens with one attached hydrogen (secondary N) is 1. The number of hydrogen-bond donors (Lipinski definition) is 2. The summed E-state index contributed by atoms with van der Waals surface area (Å²) in [7, 11) is 4.07. The molecule has 0 spiro atoms. The van der Waals surface area contributed by atoms with Gasteiger partial charge in [-0.25, -0.2) is 0 Å². The lowest BCUT2D eigenvalue weighted by Crippen LogP contribution is -2.29. The molecule has 3 heteroatoms. The quantitative estimate of drug-likeness (QED) is 0.529. The molecule has 1 rings (SSSR count). The van der Waals surface area contributed by atoms with Crippen LogP contribution in [-0.2, 0) is 0 Å². The molecule has 1 aliphatic rings. The van der Waals surface area contributed by atoms with Gasteiger partial charge in [-0.15, -0.1) is 0 Å². The van der Waals surface area contributed by atoms with E-state index < -0.39 is 0 Å². The molecular formula is C7H16N2O. The number of rotatable bonds is 2. The van der Waals surface area contributed by atoms with Crippen LogP contribution in [0.5, 0.6) is 0 Å². The average Bonchev–Trinajstić information content (AvgIpc) is 2.15. The Kier molecular flexibility index (Phi) is 2.65. The number of β-amino-alcohol motifs (C(OH)–C–C–N with tert-alkyl or cyclic N) is 1. The Morgan fingerprint density at radius 1 is 1.50 bits per heavy atom. The lowest BCUT2D eigenvalue weighted by Gasteiger charge is -2.17. The van der Waals surface area contributed by atoms with Gasteiger partial charge in [-0.1, -0.05) is 0 Å². The van der Waals surface area contributed by atoms with Gasteiger partial charge in [0.2, 0.25) is 0 Å². The van der Waals surface area contributed by atoms with Crippen LogP contribution in [0.4, 0.5) is 0 Å². The van der Waals surface area contributed by atoms with Crippen LogP contribution >= 0.6 is 0 Å². The molecule has 0 amide bonds. The van der Waals surface area contributed by atoms with Crippen molar-refractivity contribution in [1.82, 2.24) is 10.2 Å². The second-order valence-electron chi connectivity index (χ2n) is 3.25. The zero-order valence-electron chi connectivity index (χ0n) is 6.67. The Hall–Kier alpha value is -0.120. The van der Waals surface area contributed by atoms with Gasteiger partial charge in [0.1, 0.15) is 0 Å². The molecule has 1 heterocycles. The maximum absolute atomic E-state index is 9.35. The molecule has 2 unspecified atom stereocenters. The van der Waals surface area contributed by atoms with Crippen molar-refractivity contribution in [2.45, 2.75) is 6.10 Å². The molecule has 10 heavy (non-hydrogen) atoms. The highest BCUT2D eigenvalue weighted by molar-refractivity contribution is 4.81. The van der Waals surface area contributed by atoms with E-state index in [0.29, 0.717) is 5.92 Å². The Balaban J connectivity index is 2.26. The van der Waals surface area contributed by atoms with E-state index in [0.717, 1.165) is 19.6 Å². The fourth-order valence-electron chi connectivity index (χ4n) is 1.37. The average molecular weight is 144 g/mol. The SMILES string of the molecule is CN(C)CC1CNCC1O. The van der Waals surface area contributed by atoms with Crippen LogP contribution in [0.15, 0.2) is 0 Å². The third-order valence-corrected chi connectivity index (χ3v) is 1.90. The summed E-state index contributed by atoms with van der Waals surface area (Å²) < 4.78 is 0. The molecule has 0 bridgehead atoms. The standard InChI is InChI=1S/C7H16N2O/c1-9(2)5-6-3-8-4-7(6)10/h6-8,10H,3-5H2,1-2H3. The summed E-state index contributed by atoms with van der Waals surface area (Å²) in [6, 6.07) is 0. The molecule has 1 fully saturated rings. The van der Waals surface area contributed by atoms with Crippen LogP contribution in [0.25, 0.3) is 0 Å². The molecule has 1 aliphatic heterocycles. The summed E-state index contributed by atoms with van der Waals surface area (Å²) in [6.07, 6.45) is -0.137. The summed E-state index contributed by atoms with van der Waals surface area (Å²) in [5, 5.41) is 12.5. The van der Waals surface area contributed by atoms with Crippen molar-refractivity contribution < 1.29 is 5.11 Å². The van der Waals surface area contributed by atoms with E-state index in [9.17, 15) is 5.11 Å². The van der Waals surface area contributed by atoms with Crippen LogP contribution in [-0.4, -0.2) is 49.8 Å². The minimum Gasteiger partial charge on any atom is -0.391 e. The Morgan fingerprint density at radius 3 is 2.60 bits per heavy atom. The van der Waals surface area contributed by atoms with E-state index in [1.54, 1.807) is 0 Å². The number of hydrogen-bond acceptors (Lipinski definition) is 3. The normalized spacial score (nSPS) is 33.6. The van der Waals surface area contributed by atoms with Crippen molar-refractivity contribution in [3.05, 3.63) is 0 Å². The van der Waals surface area contributed by atoms with Gasteiger partial charge >= 0.3 is 0 Å². The highest BCUT2D eigenvalue weighted by atomic mass is 16.3. The first-order chi connectivity index (χ1) is 4.70. The van der Waals surface area contributed by atoms with Crippen molar-refractivity contribution in [2.75, 3.05) is 33.7 Å². The molecule has 0 radical (unpaired) electrons. The minimum atomic E-state index is -0.137. The van der Waals surface area contributed by atoms with E-state index >= 15 is 0 Å². The van der Waals surface area contributed by atoms with Crippen LogP contribution in [0, 0.1) is 5.92 Å². The highest BCUT2D eigenvalue weighted by Gasteiger charge is 2.24. The molecule has 3 nitrogen and oxygen atoms in total. The van der Waals surface area contributed by atoms with Crippen molar-refractivity contribution >= 4 is 0 Å². The van der Waals surface area contributed by atoms with Gasteiger partial charge in [0, 0.05) is 25.6 Å². The maximum atomic E-state index is 9.35. The van der Waals surface area contributed by atoms with E-state index in [-0.39, 0.29) is 6.10 Å². The largest absolute Gasteiger partial charge is 0.391 e. The van der Waals surface area contributed by atoms with Gasteiger partial charge in [0.05, 0.1) is 6.10 Å². The minimum absolute atomic E-state index is 0.137. The van der Waals surface area contributed by atoms with Crippen LogP contribution in [0.1, 0.15) is 0 Å². The van der Waals surface area contributed by atoms with Gasteiger partial charge in [-0.2, -0.15) is 0 Å². The second-order valence-corrected chi connectivity index (χ2v) is 3.25. The van der Waals surface area contributed by atoms with Gasteiger partial charge in [0.25, 0.3) is 0 Å². The summed E-state index contributed by atoms with van der Waals surface area (Å²) in [4.78, 5) is 2.11. The van der Waals surface area contributed by atoms with Crippen LogP contribution in [0.3, 0.4) is 0 Å². The predicted molar refractivity (Wildman–Crippen MR) is 40.9 cm³/mol. The maximum Gasteiger partial charge on any atom is 0.0717 e. The van der Waals surface area contributed by atoms with Crippen molar-refractivity contribution in [3.63, 3.8) is 0 Å². The first-order valence-corrected chi connectivity index (χ1v) is 3.73. The Morgan fingerprint density at radius 2 is 2.20 bits per heavy atom. The smallest absolute Gasteiger partial charge is 0.0717 e. The third kappa shape index (κ3) is 1.94. The fraction of sp³-hybridized carbons (Fsp3) is 1.00. The molecular weight excluding hydrogens is 128 g/mol. The van der Waals surface area contributed by atoms with Crippen LogP contribution in [0.2, 0.25) is 0 Å². The summed E-state index contributed by atoms with van der Waals surface area (Å²) >= 11 is 0. The fourth-order valence-corrected chi connectivity index (χ4v) is 1.37. The molecule has 2 atom stereocenters. The highest BCUT2D eigenvalue weighted by Crippen LogP contribution is 2.08. The lowest BCUT2D eigenvalue weighted by molar-refractivity contribution is 0.129. The molecule has 2 N–H and O–H groups in total.